The smallest absolute Gasteiger partial charge is 0.228 e. The van der Waals surface area contributed by atoms with Crippen molar-refractivity contribution in [3.05, 3.63) is 53.8 Å². The quantitative estimate of drug-likeness (QED) is 0.891. The van der Waals surface area contributed by atoms with Gasteiger partial charge >= 0.3 is 0 Å². The number of hydrogen-bond acceptors (Lipinski definition) is 3. The molecule has 2 amide bonds. The number of ether oxygens (including phenoxy) is 1. The Balaban J connectivity index is 2.09. The molecule has 0 aliphatic heterocycles. The molecule has 5 nitrogen and oxygen atoms in total. The molecule has 0 aromatic heterocycles. The maximum absolute atomic E-state index is 13.4. The summed E-state index contributed by atoms with van der Waals surface area (Å²) < 4.78 is 18.4. The van der Waals surface area contributed by atoms with Crippen LogP contribution in [0.3, 0.4) is 0 Å². The monoisotopic (exact) mass is 316 g/mol. The molecule has 23 heavy (non-hydrogen) atoms. The molecule has 2 aromatic rings. The zero-order valence-corrected chi connectivity index (χ0v) is 12.9. The fraction of sp³-hybridized carbons (Fsp3) is 0.176. The largest absolute Gasteiger partial charge is 0.497 e. The summed E-state index contributed by atoms with van der Waals surface area (Å²) in [6, 6.07) is 10.8. The molecule has 2 N–H and O–H groups in total. The van der Waals surface area contributed by atoms with Crippen LogP contribution in [0.1, 0.15) is 12.5 Å². The minimum Gasteiger partial charge on any atom is -0.497 e. The Morgan fingerprint density at radius 3 is 2.35 bits per heavy atom. The Hall–Kier alpha value is -2.89. The number of benzene rings is 2. The number of anilines is 2. The molecule has 0 atom stereocenters. The average molecular weight is 316 g/mol. The van der Waals surface area contributed by atoms with Gasteiger partial charge in [0.2, 0.25) is 11.8 Å². The summed E-state index contributed by atoms with van der Waals surface area (Å²) >= 11 is 0. The molecule has 0 fully saturated rings. The van der Waals surface area contributed by atoms with Crippen LogP contribution in [0.4, 0.5) is 15.8 Å². The highest BCUT2D eigenvalue weighted by molar-refractivity contribution is 5.99. The van der Waals surface area contributed by atoms with E-state index < -0.39 is 5.82 Å². The van der Waals surface area contributed by atoms with Crippen molar-refractivity contribution < 1.29 is 18.7 Å². The second-order valence-electron chi connectivity index (χ2n) is 4.94. The summed E-state index contributed by atoms with van der Waals surface area (Å²) in [5.74, 6) is -0.416. The minimum atomic E-state index is -0.501. The van der Waals surface area contributed by atoms with Crippen LogP contribution in [0.5, 0.6) is 5.75 Å². The number of amides is 2. The summed E-state index contributed by atoms with van der Waals surface area (Å²) in [7, 11) is 1.56. The molecule has 0 aliphatic carbocycles. The van der Waals surface area contributed by atoms with E-state index in [1.54, 1.807) is 31.4 Å². The first kappa shape index (κ1) is 16.5. The summed E-state index contributed by atoms with van der Waals surface area (Å²) in [6.07, 6.45) is 0.125. The SMILES string of the molecule is COc1ccc(CC(=O)Nc2cc(F)ccc2NC(C)=O)cc1. The molecule has 0 radical (unpaired) electrons. The van der Waals surface area contributed by atoms with Crippen molar-refractivity contribution in [2.45, 2.75) is 13.3 Å². The first-order valence-corrected chi connectivity index (χ1v) is 6.98. The number of hydrogen-bond donors (Lipinski definition) is 2. The van der Waals surface area contributed by atoms with E-state index in [2.05, 4.69) is 10.6 Å². The zero-order chi connectivity index (χ0) is 16.8. The van der Waals surface area contributed by atoms with E-state index in [4.69, 9.17) is 4.74 Å². The van der Waals surface area contributed by atoms with Gasteiger partial charge in [0.25, 0.3) is 0 Å². The Bertz CT molecular complexity index is 714. The lowest BCUT2D eigenvalue weighted by molar-refractivity contribution is -0.116. The minimum absolute atomic E-state index is 0.125. The number of methoxy groups -OCH3 is 1. The summed E-state index contributed by atoms with van der Waals surface area (Å²) in [6.45, 7) is 1.34. The highest BCUT2D eigenvalue weighted by Gasteiger charge is 2.10. The van der Waals surface area contributed by atoms with Crippen molar-refractivity contribution in [1.29, 1.82) is 0 Å². The van der Waals surface area contributed by atoms with Gasteiger partial charge < -0.3 is 15.4 Å². The highest BCUT2D eigenvalue weighted by atomic mass is 19.1. The molecular formula is C17H17FN2O3. The van der Waals surface area contributed by atoms with Crippen molar-refractivity contribution >= 4 is 23.2 Å². The van der Waals surface area contributed by atoms with E-state index in [-0.39, 0.29) is 23.9 Å². The van der Waals surface area contributed by atoms with Crippen LogP contribution in [-0.2, 0) is 16.0 Å². The molecule has 0 bridgehead atoms. The molecule has 6 heteroatoms. The van der Waals surface area contributed by atoms with Crippen molar-refractivity contribution in [3.8, 4) is 5.75 Å². The van der Waals surface area contributed by atoms with E-state index in [0.717, 1.165) is 11.6 Å². The van der Waals surface area contributed by atoms with Crippen LogP contribution in [0.15, 0.2) is 42.5 Å². The lowest BCUT2D eigenvalue weighted by atomic mass is 10.1. The Kier molecular flexibility index (Phi) is 5.30. The third-order valence-corrected chi connectivity index (χ3v) is 3.09. The number of rotatable bonds is 5. The van der Waals surface area contributed by atoms with Gasteiger partial charge in [0, 0.05) is 6.92 Å². The summed E-state index contributed by atoms with van der Waals surface area (Å²) in [5, 5.41) is 5.16. The second-order valence-corrected chi connectivity index (χ2v) is 4.94. The second kappa shape index (κ2) is 7.40. The van der Waals surface area contributed by atoms with Crippen LogP contribution < -0.4 is 15.4 Å². The van der Waals surface area contributed by atoms with Crippen LogP contribution in [0.25, 0.3) is 0 Å². The van der Waals surface area contributed by atoms with Gasteiger partial charge in [-0.2, -0.15) is 0 Å². The highest BCUT2D eigenvalue weighted by Crippen LogP contribution is 2.23. The van der Waals surface area contributed by atoms with E-state index in [9.17, 15) is 14.0 Å². The molecule has 2 aromatic carbocycles. The van der Waals surface area contributed by atoms with Gasteiger partial charge in [0.15, 0.2) is 0 Å². The van der Waals surface area contributed by atoms with Gasteiger partial charge in [0.1, 0.15) is 11.6 Å². The van der Waals surface area contributed by atoms with E-state index in [0.29, 0.717) is 11.4 Å². The van der Waals surface area contributed by atoms with Gasteiger partial charge in [-0.15, -0.1) is 0 Å². The Morgan fingerprint density at radius 1 is 1.04 bits per heavy atom. The molecule has 0 unspecified atom stereocenters. The summed E-state index contributed by atoms with van der Waals surface area (Å²) in [5.41, 5.74) is 1.36. The van der Waals surface area contributed by atoms with Crippen molar-refractivity contribution in [2.75, 3.05) is 17.7 Å². The van der Waals surface area contributed by atoms with Gasteiger partial charge in [0.05, 0.1) is 24.9 Å². The average Bonchev–Trinajstić information content (AvgIpc) is 2.50. The van der Waals surface area contributed by atoms with Gasteiger partial charge in [-0.3, -0.25) is 9.59 Å². The van der Waals surface area contributed by atoms with Crippen LogP contribution in [0.2, 0.25) is 0 Å². The lowest BCUT2D eigenvalue weighted by Crippen LogP contribution is -2.17. The summed E-state index contributed by atoms with van der Waals surface area (Å²) in [4.78, 5) is 23.3. The van der Waals surface area contributed by atoms with Gasteiger partial charge in [-0.25, -0.2) is 4.39 Å². The number of carbonyl (C=O) groups excluding carboxylic acids is 2. The normalized spacial score (nSPS) is 10.0. The molecule has 120 valence electrons. The van der Waals surface area contributed by atoms with Crippen molar-refractivity contribution in [3.63, 3.8) is 0 Å². The predicted molar refractivity (Wildman–Crippen MR) is 86.0 cm³/mol. The molecule has 0 saturated carbocycles. The predicted octanol–water partition coefficient (Wildman–Crippen LogP) is 2.97. The first-order chi connectivity index (χ1) is 11.0. The van der Waals surface area contributed by atoms with E-state index in [1.165, 1.54) is 19.1 Å². The van der Waals surface area contributed by atoms with Crippen LogP contribution >= 0.6 is 0 Å². The molecule has 0 saturated heterocycles. The van der Waals surface area contributed by atoms with Crippen molar-refractivity contribution in [1.82, 2.24) is 0 Å². The maximum Gasteiger partial charge on any atom is 0.228 e. The number of nitrogens with one attached hydrogen (secondary N) is 2. The van der Waals surface area contributed by atoms with E-state index in [1.807, 2.05) is 0 Å². The molecule has 0 spiro atoms. The molecule has 2 rings (SSSR count). The number of halogens is 1. The van der Waals surface area contributed by atoms with E-state index >= 15 is 0 Å². The topological polar surface area (TPSA) is 67.4 Å². The van der Waals surface area contributed by atoms with Crippen LogP contribution in [0, 0.1) is 5.82 Å². The molecular weight excluding hydrogens is 299 g/mol. The Morgan fingerprint density at radius 2 is 1.74 bits per heavy atom. The van der Waals surface area contributed by atoms with Gasteiger partial charge in [-0.05, 0) is 35.9 Å². The van der Waals surface area contributed by atoms with Crippen molar-refractivity contribution in [2.24, 2.45) is 0 Å². The maximum atomic E-state index is 13.4. The standard InChI is InChI=1S/C17H17FN2O3/c1-11(21)19-15-8-5-13(18)10-16(15)20-17(22)9-12-3-6-14(23-2)7-4-12/h3-8,10H,9H2,1-2H3,(H,19,21)(H,20,22). The third kappa shape index (κ3) is 4.81. The lowest BCUT2D eigenvalue weighted by Gasteiger charge is -2.12. The third-order valence-electron chi connectivity index (χ3n) is 3.09. The van der Waals surface area contributed by atoms with Gasteiger partial charge in [-0.1, -0.05) is 12.1 Å². The zero-order valence-electron chi connectivity index (χ0n) is 12.9. The fourth-order valence-electron chi connectivity index (χ4n) is 2.04. The number of carbonyl (C=O) groups is 2. The Labute approximate surface area is 133 Å². The van der Waals surface area contributed by atoms with Crippen LogP contribution in [-0.4, -0.2) is 18.9 Å². The first-order valence-electron chi connectivity index (χ1n) is 6.98. The fourth-order valence-corrected chi connectivity index (χ4v) is 2.04. The molecule has 0 aliphatic rings. The molecule has 0 heterocycles.